The Labute approximate surface area is 81.1 Å². The van der Waals surface area contributed by atoms with Gasteiger partial charge in [-0.1, -0.05) is 0 Å². The van der Waals surface area contributed by atoms with Crippen molar-refractivity contribution in [2.24, 2.45) is 11.7 Å². The van der Waals surface area contributed by atoms with Gasteiger partial charge in [-0.25, -0.2) is 0 Å². The zero-order valence-corrected chi connectivity index (χ0v) is 8.36. The van der Waals surface area contributed by atoms with Crippen LogP contribution in [0.4, 0.5) is 0 Å². The Morgan fingerprint density at radius 1 is 1.62 bits per heavy atom. The van der Waals surface area contributed by atoms with Crippen molar-refractivity contribution >= 4 is 17.3 Å². The van der Waals surface area contributed by atoms with E-state index in [0.29, 0.717) is 18.9 Å². The first-order valence-corrected chi connectivity index (χ1v) is 5.18. The van der Waals surface area contributed by atoms with E-state index in [4.69, 9.17) is 5.73 Å². The van der Waals surface area contributed by atoms with Crippen molar-refractivity contribution in [2.75, 3.05) is 6.54 Å². The molecule has 0 fully saturated rings. The topological polar surface area (TPSA) is 56.0 Å². The summed E-state index contributed by atoms with van der Waals surface area (Å²) in [4.78, 5) is 12.8. The van der Waals surface area contributed by atoms with E-state index >= 15 is 0 Å². The first-order valence-electron chi connectivity index (χ1n) is 4.40. The highest BCUT2D eigenvalue weighted by Gasteiger charge is 2.27. The third-order valence-electron chi connectivity index (χ3n) is 2.49. The summed E-state index contributed by atoms with van der Waals surface area (Å²) in [7, 11) is 0. The lowest BCUT2D eigenvalue weighted by atomic mass is 9.87. The van der Waals surface area contributed by atoms with Crippen LogP contribution in [0.5, 0.6) is 0 Å². The molecule has 1 atom stereocenters. The van der Waals surface area contributed by atoms with E-state index in [0.717, 1.165) is 22.6 Å². The normalized spacial score (nSPS) is 21.7. The maximum Gasteiger partial charge on any atom is 0.166 e. The number of carbonyl (C=O) groups excluding carboxylic acids is 1. The summed E-state index contributed by atoms with van der Waals surface area (Å²) in [6, 6.07) is 0. The number of aryl methyl sites for hydroxylation is 1. The van der Waals surface area contributed by atoms with Crippen molar-refractivity contribution < 1.29 is 4.79 Å². The molecular weight excluding hydrogens is 184 g/mol. The SMILES string of the molecule is Cc1nsc2c1C(=O)CC(CN)C2. The molecule has 1 aromatic rings. The molecule has 1 aliphatic carbocycles. The molecule has 2 rings (SSSR count). The van der Waals surface area contributed by atoms with E-state index in [9.17, 15) is 4.79 Å². The number of Topliss-reactive ketones (excluding diaryl/α,β-unsaturated/α-hetero) is 1. The van der Waals surface area contributed by atoms with Crippen LogP contribution in [0.1, 0.15) is 27.3 Å². The van der Waals surface area contributed by atoms with Crippen LogP contribution >= 0.6 is 11.5 Å². The van der Waals surface area contributed by atoms with Gasteiger partial charge in [0.05, 0.1) is 11.3 Å². The third-order valence-corrected chi connectivity index (χ3v) is 3.45. The van der Waals surface area contributed by atoms with Gasteiger partial charge in [-0.2, -0.15) is 4.37 Å². The van der Waals surface area contributed by atoms with E-state index in [1.54, 1.807) is 0 Å². The molecule has 0 aromatic carbocycles. The molecule has 0 bridgehead atoms. The Morgan fingerprint density at radius 3 is 3.08 bits per heavy atom. The molecule has 0 spiro atoms. The van der Waals surface area contributed by atoms with Gasteiger partial charge in [-0.3, -0.25) is 4.79 Å². The molecule has 4 heteroatoms. The van der Waals surface area contributed by atoms with Crippen molar-refractivity contribution in [1.29, 1.82) is 0 Å². The van der Waals surface area contributed by atoms with Gasteiger partial charge in [0, 0.05) is 11.3 Å². The molecule has 0 amide bonds. The Bertz CT molecular complexity index is 345. The molecule has 70 valence electrons. The number of hydrogen-bond donors (Lipinski definition) is 1. The van der Waals surface area contributed by atoms with Gasteiger partial charge >= 0.3 is 0 Å². The van der Waals surface area contributed by atoms with Gasteiger partial charge < -0.3 is 5.73 Å². The molecule has 2 N–H and O–H groups in total. The van der Waals surface area contributed by atoms with Crippen LogP contribution < -0.4 is 5.73 Å². The molecule has 1 unspecified atom stereocenters. The fourth-order valence-electron chi connectivity index (χ4n) is 1.78. The van der Waals surface area contributed by atoms with E-state index in [-0.39, 0.29) is 5.78 Å². The Hall–Kier alpha value is -0.740. The number of fused-ring (bicyclic) bond motifs is 1. The van der Waals surface area contributed by atoms with E-state index in [2.05, 4.69) is 4.37 Å². The van der Waals surface area contributed by atoms with E-state index in [1.165, 1.54) is 11.5 Å². The molecule has 1 aliphatic rings. The van der Waals surface area contributed by atoms with Crippen molar-refractivity contribution in [3.8, 4) is 0 Å². The highest BCUT2D eigenvalue weighted by atomic mass is 32.1. The maximum absolute atomic E-state index is 11.6. The molecule has 13 heavy (non-hydrogen) atoms. The number of rotatable bonds is 1. The average molecular weight is 196 g/mol. The number of carbonyl (C=O) groups is 1. The number of nitrogens with zero attached hydrogens (tertiary/aromatic N) is 1. The quantitative estimate of drug-likeness (QED) is 0.733. The van der Waals surface area contributed by atoms with Crippen molar-refractivity contribution in [3.63, 3.8) is 0 Å². The van der Waals surface area contributed by atoms with Gasteiger partial charge in [-0.15, -0.1) is 0 Å². The van der Waals surface area contributed by atoms with Crippen molar-refractivity contribution in [2.45, 2.75) is 19.8 Å². The monoisotopic (exact) mass is 196 g/mol. The molecule has 1 aromatic heterocycles. The summed E-state index contributed by atoms with van der Waals surface area (Å²) >= 11 is 1.45. The first-order chi connectivity index (χ1) is 6.22. The lowest BCUT2D eigenvalue weighted by molar-refractivity contribution is 0.0951. The standard InChI is InChI=1S/C9H12N2OS/c1-5-9-7(12)2-6(4-10)3-8(9)13-11-5/h6H,2-4,10H2,1H3. The molecule has 1 heterocycles. The predicted molar refractivity (Wildman–Crippen MR) is 52.0 cm³/mol. The van der Waals surface area contributed by atoms with Crippen LogP contribution in [0.3, 0.4) is 0 Å². The van der Waals surface area contributed by atoms with Crippen LogP contribution in [0.2, 0.25) is 0 Å². The van der Waals surface area contributed by atoms with Crippen LogP contribution in [0.25, 0.3) is 0 Å². The highest BCUT2D eigenvalue weighted by Crippen LogP contribution is 2.29. The molecular formula is C9H12N2OS. The average Bonchev–Trinajstić information content (AvgIpc) is 2.48. The second-order valence-corrected chi connectivity index (χ2v) is 4.36. The molecule has 0 saturated heterocycles. The number of nitrogens with two attached hydrogens (primary N) is 1. The first kappa shape index (κ1) is 8.84. The molecule has 0 saturated carbocycles. The minimum absolute atomic E-state index is 0.225. The second-order valence-electron chi connectivity index (χ2n) is 3.50. The largest absolute Gasteiger partial charge is 0.330 e. The van der Waals surface area contributed by atoms with E-state index < -0.39 is 0 Å². The minimum Gasteiger partial charge on any atom is -0.330 e. The lowest BCUT2D eigenvalue weighted by Crippen LogP contribution is -2.25. The van der Waals surface area contributed by atoms with Gasteiger partial charge in [-0.05, 0) is 37.3 Å². The summed E-state index contributed by atoms with van der Waals surface area (Å²) in [5.41, 5.74) is 7.32. The molecule has 0 aliphatic heterocycles. The Balaban J connectivity index is 2.39. The number of ketones is 1. The minimum atomic E-state index is 0.225. The summed E-state index contributed by atoms with van der Waals surface area (Å²) in [6.07, 6.45) is 1.53. The number of hydrogen-bond acceptors (Lipinski definition) is 4. The van der Waals surface area contributed by atoms with Crippen LogP contribution in [-0.4, -0.2) is 16.7 Å². The van der Waals surface area contributed by atoms with E-state index in [1.807, 2.05) is 6.92 Å². The van der Waals surface area contributed by atoms with Crippen molar-refractivity contribution in [3.05, 3.63) is 16.1 Å². The van der Waals surface area contributed by atoms with Crippen molar-refractivity contribution in [1.82, 2.24) is 4.37 Å². The van der Waals surface area contributed by atoms with Gasteiger partial charge in [0.2, 0.25) is 0 Å². The summed E-state index contributed by atoms with van der Waals surface area (Å²) in [6.45, 7) is 2.50. The van der Waals surface area contributed by atoms with Gasteiger partial charge in [0.15, 0.2) is 5.78 Å². The van der Waals surface area contributed by atoms with Gasteiger partial charge in [0.25, 0.3) is 0 Å². The van der Waals surface area contributed by atoms with Crippen LogP contribution in [0.15, 0.2) is 0 Å². The third kappa shape index (κ3) is 1.40. The van der Waals surface area contributed by atoms with Crippen LogP contribution in [-0.2, 0) is 6.42 Å². The zero-order valence-electron chi connectivity index (χ0n) is 7.54. The smallest absolute Gasteiger partial charge is 0.166 e. The highest BCUT2D eigenvalue weighted by molar-refractivity contribution is 7.06. The summed E-state index contributed by atoms with van der Waals surface area (Å²) < 4.78 is 4.20. The Morgan fingerprint density at radius 2 is 2.38 bits per heavy atom. The molecule has 0 radical (unpaired) electrons. The van der Waals surface area contributed by atoms with Gasteiger partial charge in [0.1, 0.15) is 0 Å². The zero-order chi connectivity index (χ0) is 9.42. The fraction of sp³-hybridized carbons (Fsp3) is 0.556. The maximum atomic E-state index is 11.6. The summed E-state index contributed by atoms with van der Waals surface area (Å²) in [5.74, 6) is 0.558. The fourth-order valence-corrected chi connectivity index (χ4v) is 2.78. The predicted octanol–water partition coefficient (Wildman–Crippen LogP) is 1.16. The molecule has 3 nitrogen and oxygen atoms in total. The van der Waals surface area contributed by atoms with Crippen LogP contribution in [0, 0.1) is 12.8 Å². The number of aromatic nitrogens is 1. The Kier molecular flexibility index (Phi) is 2.17. The summed E-state index contributed by atoms with van der Waals surface area (Å²) in [5, 5.41) is 0. The lowest BCUT2D eigenvalue weighted by Gasteiger charge is -2.18. The second kappa shape index (κ2) is 3.20.